The fraction of sp³-hybridized carbons (Fsp3) is 1.00. The van der Waals surface area contributed by atoms with Gasteiger partial charge in [-0.05, 0) is 24.2 Å². The minimum atomic E-state index is 0.625. The molecule has 1 N–H and O–H groups in total. The van der Waals surface area contributed by atoms with Gasteiger partial charge in [0, 0.05) is 12.6 Å². The van der Waals surface area contributed by atoms with Crippen LogP contribution in [-0.2, 0) is 0 Å². The molecule has 1 unspecified atom stereocenters. The average Bonchev–Trinajstić information content (AvgIpc) is 2.65. The number of hydrogen-bond acceptors (Lipinski definition) is 1. The van der Waals surface area contributed by atoms with Crippen molar-refractivity contribution in [3.63, 3.8) is 0 Å². The van der Waals surface area contributed by atoms with E-state index in [2.05, 4.69) is 33.0 Å². The van der Waals surface area contributed by atoms with Crippen LogP contribution in [0.3, 0.4) is 0 Å². The predicted octanol–water partition coefficient (Wildman–Crippen LogP) is 3.98. The lowest BCUT2D eigenvalue weighted by molar-refractivity contribution is 0.160. The first kappa shape index (κ1) is 13.0. The summed E-state index contributed by atoms with van der Waals surface area (Å²) in [7, 11) is 0. The summed E-state index contributed by atoms with van der Waals surface area (Å²) in [5, 5.41) is 3.67. The molecule has 0 aromatic carbocycles. The average molecular weight is 211 g/mol. The van der Waals surface area contributed by atoms with Gasteiger partial charge in [-0.1, -0.05) is 53.4 Å². The molecule has 0 saturated heterocycles. The third-order valence-electron chi connectivity index (χ3n) is 4.23. The van der Waals surface area contributed by atoms with E-state index in [1.165, 1.54) is 45.1 Å². The zero-order valence-electron chi connectivity index (χ0n) is 11.1. The summed E-state index contributed by atoms with van der Waals surface area (Å²) >= 11 is 0. The molecular formula is C14H29N. The van der Waals surface area contributed by atoms with Gasteiger partial charge in [0.25, 0.3) is 0 Å². The molecule has 1 atom stereocenters. The van der Waals surface area contributed by atoms with Gasteiger partial charge in [0.05, 0.1) is 0 Å². The Morgan fingerprint density at radius 2 is 1.73 bits per heavy atom. The molecule has 0 aromatic heterocycles. The second kappa shape index (κ2) is 5.89. The van der Waals surface area contributed by atoms with Crippen LogP contribution in [0, 0.1) is 11.3 Å². The van der Waals surface area contributed by atoms with Gasteiger partial charge in [-0.3, -0.25) is 0 Å². The van der Waals surface area contributed by atoms with E-state index in [-0.39, 0.29) is 0 Å². The molecule has 15 heavy (non-hydrogen) atoms. The first-order valence-electron chi connectivity index (χ1n) is 6.84. The number of hydrogen-bond donors (Lipinski definition) is 1. The molecular weight excluding hydrogens is 182 g/mol. The van der Waals surface area contributed by atoms with E-state index in [1.54, 1.807) is 0 Å². The molecule has 0 spiro atoms. The molecule has 1 aliphatic carbocycles. The summed E-state index contributed by atoms with van der Waals surface area (Å²) in [6, 6.07) is 0.635. The Hall–Kier alpha value is -0.0400. The summed E-state index contributed by atoms with van der Waals surface area (Å²) < 4.78 is 0. The Bertz CT molecular complexity index is 168. The Labute approximate surface area is 96.0 Å². The third kappa shape index (κ3) is 3.48. The molecule has 0 radical (unpaired) electrons. The highest BCUT2D eigenvalue weighted by molar-refractivity contribution is 4.90. The van der Waals surface area contributed by atoms with Crippen LogP contribution in [0.2, 0.25) is 0 Å². The van der Waals surface area contributed by atoms with Crippen molar-refractivity contribution >= 4 is 0 Å². The highest BCUT2D eigenvalue weighted by Crippen LogP contribution is 2.45. The first-order valence-corrected chi connectivity index (χ1v) is 6.84. The van der Waals surface area contributed by atoms with Gasteiger partial charge in [-0.25, -0.2) is 0 Å². The Kier molecular flexibility index (Phi) is 5.11. The predicted molar refractivity (Wildman–Crippen MR) is 68.1 cm³/mol. The largest absolute Gasteiger partial charge is 0.314 e. The Balaban J connectivity index is 2.53. The molecule has 1 nitrogen and oxygen atoms in total. The molecule has 1 fully saturated rings. The molecule has 1 heteroatoms. The Morgan fingerprint density at radius 1 is 1.13 bits per heavy atom. The normalized spacial score (nSPS) is 22.2. The Morgan fingerprint density at radius 3 is 2.20 bits per heavy atom. The van der Waals surface area contributed by atoms with Crippen LogP contribution in [0.4, 0.5) is 0 Å². The van der Waals surface area contributed by atoms with Gasteiger partial charge in [0.2, 0.25) is 0 Å². The number of rotatable bonds is 6. The smallest absolute Gasteiger partial charge is 0.00127 e. The van der Waals surface area contributed by atoms with Crippen LogP contribution in [0.5, 0.6) is 0 Å². The summed E-state index contributed by atoms with van der Waals surface area (Å²) in [5.74, 6) is 0.899. The van der Waals surface area contributed by atoms with Crippen LogP contribution < -0.4 is 5.32 Å². The molecule has 0 aliphatic heterocycles. The minimum Gasteiger partial charge on any atom is -0.314 e. The van der Waals surface area contributed by atoms with Gasteiger partial charge in [0.15, 0.2) is 0 Å². The standard InChI is InChI=1S/C14H29N/c1-5-8-13(4)14(9-6-7-10-14)11-15-12(2)3/h12-13,15H,5-11H2,1-4H3. The van der Waals surface area contributed by atoms with Gasteiger partial charge in [0.1, 0.15) is 0 Å². The van der Waals surface area contributed by atoms with E-state index in [0.717, 1.165) is 5.92 Å². The van der Waals surface area contributed by atoms with Crippen molar-refractivity contribution in [2.45, 2.75) is 72.3 Å². The SMILES string of the molecule is CCCC(C)C1(CNC(C)C)CCCC1. The van der Waals surface area contributed by atoms with Crippen LogP contribution in [0.15, 0.2) is 0 Å². The molecule has 0 aromatic rings. The lowest BCUT2D eigenvalue weighted by atomic mass is 9.72. The summed E-state index contributed by atoms with van der Waals surface area (Å²) in [6.45, 7) is 10.5. The zero-order valence-corrected chi connectivity index (χ0v) is 11.1. The highest BCUT2D eigenvalue weighted by Gasteiger charge is 2.37. The quantitative estimate of drug-likeness (QED) is 0.700. The lowest BCUT2D eigenvalue weighted by Gasteiger charge is -2.36. The van der Waals surface area contributed by atoms with Crippen molar-refractivity contribution < 1.29 is 0 Å². The topological polar surface area (TPSA) is 12.0 Å². The van der Waals surface area contributed by atoms with Crippen LogP contribution in [0.1, 0.15) is 66.2 Å². The van der Waals surface area contributed by atoms with E-state index >= 15 is 0 Å². The lowest BCUT2D eigenvalue weighted by Crippen LogP contribution is -2.40. The van der Waals surface area contributed by atoms with Crippen molar-refractivity contribution in [3.05, 3.63) is 0 Å². The minimum absolute atomic E-state index is 0.625. The van der Waals surface area contributed by atoms with E-state index in [0.29, 0.717) is 11.5 Å². The fourth-order valence-electron chi connectivity index (χ4n) is 3.07. The maximum Gasteiger partial charge on any atom is 0.00127 e. The molecule has 90 valence electrons. The summed E-state index contributed by atoms with van der Waals surface area (Å²) in [6.07, 6.45) is 8.55. The van der Waals surface area contributed by atoms with Crippen LogP contribution >= 0.6 is 0 Å². The van der Waals surface area contributed by atoms with Crippen molar-refractivity contribution in [3.8, 4) is 0 Å². The van der Waals surface area contributed by atoms with E-state index in [9.17, 15) is 0 Å². The van der Waals surface area contributed by atoms with Crippen LogP contribution in [0.25, 0.3) is 0 Å². The molecule has 0 bridgehead atoms. The van der Waals surface area contributed by atoms with E-state index in [4.69, 9.17) is 0 Å². The van der Waals surface area contributed by atoms with Crippen LogP contribution in [-0.4, -0.2) is 12.6 Å². The van der Waals surface area contributed by atoms with Gasteiger partial charge in [-0.15, -0.1) is 0 Å². The number of nitrogens with one attached hydrogen (secondary N) is 1. The first-order chi connectivity index (χ1) is 7.10. The monoisotopic (exact) mass is 211 g/mol. The highest BCUT2D eigenvalue weighted by atomic mass is 14.9. The second-order valence-electron chi connectivity index (χ2n) is 5.79. The van der Waals surface area contributed by atoms with E-state index < -0.39 is 0 Å². The van der Waals surface area contributed by atoms with Crippen molar-refractivity contribution in [2.24, 2.45) is 11.3 Å². The molecule has 1 saturated carbocycles. The van der Waals surface area contributed by atoms with Crippen molar-refractivity contribution in [1.82, 2.24) is 5.32 Å². The third-order valence-corrected chi connectivity index (χ3v) is 4.23. The van der Waals surface area contributed by atoms with Gasteiger partial charge >= 0.3 is 0 Å². The molecule has 0 heterocycles. The van der Waals surface area contributed by atoms with Crippen molar-refractivity contribution in [2.75, 3.05) is 6.54 Å². The maximum absolute atomic E-state index is 3.67. The zero-order chi connectivity index (χ0) is 11.3. The van der Waals surface area contributed by atoms with Gasteiger partial charge < -0.3 is 5.32 Å². The maximum atomic E-state index is 3.67. The summed E-state index contributed by atoms with van der Waals surface area (Å²) in [5.41, 5.74) is 0.625. The second-order valence-corrected chi connectivity index (χ2v) is 5.79. The molecule has 1 aliphatic rings. The van der Waals surface area contributed by atoms with E-state index in [1.807, 2.05) is 0 Å². The van der Waals surface area contributed by atoms with Gasteiger partial charge in [-0.2, -0.15) is 0 Å². The fourth-order valence-corrected chi connectivity index (χ4v) is 3.07. The van der Waals surface area contributed by atoms with Crippen molar-refractivity contribution in [1.29, 1.82) is 0 Å². The molecule has 1 rings (SSSR count). The molecule has 0 amide bonds. The summed E-state index contributed by atoms with van der Waals surface area (Å²) in [4.78, 5) is 0.